The van der Waals surface area contributed by atoms with Crippen LogP contribution in [0.2, 0.25) is 0 Å². The van der Waals surface area contributed by atoms with Crippen molar-refractivity contribution in [3.63, 3.8) is 0 Å². The van der Waals surface area contributed by atoms with E-state index in [1.54, 1.807) is 0 Å². The molecule has 0 aliphatic carbocycles. The lowest BCUT2D eigenvalue weighted by Crippen LogP contribution is -2.30. The summed E-state index contributed by atoms with van der Waals surface area (Å²) in [6.07, 6.45) is -1.83. The molecule has 0 spiro atoms. The molecule has 1 aliphatic heterocycles. The molecule has 0 bridgehead atoms. The fraction of sp³-hybridized carbons (Fsp3) is 0.143. The maximum atomic E-state index is 10.6. The van der Waals surface area contributed by atoms with Crippen LogP contribution in [0.5, 0.6) is 34.5 Å². The first-order chi connectivity index (χ1) is 13.8. The van der Waals surface area contributed by atoms with Gasteiger partial charge in [-0.3, -0.25) is 0 Å². The molecule has 29 heavy (non-hydrogen) atoms. The van der Waals surface area contributed by atoms with E-state index in [4.69, 9.17) is 9.15 Å². The summed E-state index contributed by atoms with van der Waals surface area (Å²) < 4.78 is 11.7. The summed E-state index contributed by atoms with van der Waals surface area (Å²) in [6, 6.07) is 8.11. The van der Waals surface area contributed by atoms with Crippen LogP contribution < -0.4 is 4.74 Å². The van der Waals surface area contributed by atoms with Crippen molar-refractivity contribution in [2.75, 3.05) is 0 Å². The Balaban J connectivity index is 1.74. The molecule has 8 nitrogen and oxygen atoms in total. The maximum Gasteiger partial charge on any atom is 0.161 e. The Kier molecular flexibility index (Phi) is 3.50. The van der Waals surface area contributed by atoms with Crippen molar-refractivity contribution >= 4 is 21.9 Å². The fourth-order valence-electron chi connectivity index (χ4n) is 3.81. The second kappa shape index (κ2) is 5.86. The molecule has 4 aromatic rings. The predicted octanol–water partition coefficient (Wildman–Crippen LogP) is 3.15. The van der Waals surface area contributed by atoms with Gasteiger partial charge in [-0.2, -0.15) is 0 Å². The Hall–Kier alpha value is -3.78. The summed E-state index contributed by atoms with van der Waals surface area (Å²) in [6.45, 7) is 0. The van der Waals surface area contributed by atoms with Crippen LogP contribution in [0, 0.1) is 0 Å². The number of hydrogen-bond donors (Lipinski definition) is 6. The second-order valence-corrected chi connectivity index (χ2v) is 7.07. The highest BCUT2D eigenvalue weighted by atomic mass is 16.5. The molecule has 0 amide bonds. The minimum absolute atomic E-state index is 0.0696. The Morgan fingerprint density at radius 3 is 2.21 bits per heavy atom. The molecule has 0 radical (unpaired) electrons. The third kappa shape index (κ3) is 2.50. The summed E-state index contributed by atoms with van der Waals surface area (Å²) >= 11 is 0. The highest BCUT2D eigenvalue weighted by molar-refractivity contribution is 6.10. The molecule has 1 aliphatic rings. The van der Waals surface area contributed by atoms with Crippen LogP contribution in [-0.4, -0.2) is 36.7 Å². The van der Waals surface area contributed by atoms with Gasteiger partial charge < -0.3 is 39.8 Å². The van der Waals surface area contributed by atoms with Crippen molar-refractivity contribution in [3.8, 4) is 34.5 Å². The van der Waals surface area contributed by atoms with Crippen molar-refractivity contribution in [1.29, 1.82) is 0 Å². The highest BCUT2D eigenvalue weighted by Gasteiger charge is 2.34. The molecule has 5 rings (SSSR count). The third-order valence-electron chi connectivity index (χ3n) is 5.23. The minimum Gasteiger partial charge on any atom is -0.507 e. The van der Waals surface area contributed by atoms with Crippen molar-refractivity contribution in [1.82, 2.24) is 0 Å². The largest absolute Gasteiger partial charge is 0.507 e. The fourth-order valence-corrected chi connectivity index (χ4v) is 3.81. The predicted molar refractivity (Wildman–Crippen MR) is 102 cm³/mol. The SMILES string of the molecule is Oc1ccc(C2Oc3c(c(O)cc4oc5cc(O)c(O)cc5c34)CC2O)cc1O. The Morgan fingerprint density at radius 2 is 1.45 bits per heavy atom. The summed E-state index contributed by atoms with van der Waals surface area (Å²) in [4.78, 5) is 0. The van der Waals surface area contributed by atoms with Crippen LogP contribution >= 0.6 is 0 Å². The first-order valence-corrected chi connectivity index (χ1v) is 8.83. The van der Waals surface area contributed by atoms with Crippen LogP contribution in [0.4, 0.5) is 0 Å². The molecule has 0 saturated heterocycles. The number of phenols is 5. The van der Waals surface area contributed by atoms with Crippen LogP contribution in [-0.2, 0) is 6.42 Å². The van der Waals surface area contributed by atoms with E-state index in [0.717, 1.165) is 0 Å². The van der Waals surface area contributed by atoms with E-state index in [-0.39, 0.29) is 52.1 Å². The van der Waals surface area contributed by atoms with Crippen molar-refractivity contribution in [3.05, 3.63) is 47.5 Å². The molecule has 0 fully saturated rings. The van der Waals surface area contributed by atoms with Gasteiger partial charge in [0.2, 0.25) is 0 Å². The minimum atomic E-state index is -1.02. The van der Waals surface area contributed by atoms with Crippen LogP contribution in [0.15, 0.2) is 40.8 Å². The topological polar surface area (TPSA) is 144 Å². The number of phenolic OH excluding ortho intramolecular Hbond substituents is 5. The van der Waals surface area contributed by atoms with Gasteiger partial charge in [-0.15, -0.1) is 0 Å². The van der Waals surface area contributed by atoms with E-state index in [1.165, 1.54) is 36.4 Å². The molecule has 2 heterocycles. The molecule has 1 aromatic heterocycles. The summed E-state index contributed by atoms with van der Waals surface area (Å²) in [5.41, 5.74) is 1.38. The van der Waals surface area contributed by atoms with Crippen LogP contribution in [0.25, 0.3) is 21.9 Å². The van der Waals surface area contributed by atoms with Gasteiger partial charge in [-0.25, -0.2) is 0 Å². The lowest BCUT2D eigenvalue weighted by Gasteiger charge is -2.31. The van der Waals surface area contributed by atoms with E-state index in [2.05, 4.69) is 0 Å². The summed E-state index contributed by atoms with van der Waals surface area (Å²) in [7, 11) is 0. The average Bonchev–Trinajstić information content (AvgIpc) is 3.01. The van der Waals surface area contributed by atoms with Crippen LogP contribution in [0.1, 0.15) is 17.2 Å². The second-order valence-electron chi connectivity index (χ2n) is 7.07. The molecule has 2 unspecified atom stereocenters. The third-order valence-corrected chi connectivity index (χ3v) is 5.23. The standard InChI is InChI=1S/C21H16O8/c22-11-2-1-8(3-13(11)24)20-16(27)4-9-12(23)6-18-19(21(9)29-20)10-5-14(25)15(26)7-17(10)28-18/h1-3,5-7,16,20,22-27H,4H2. The lowest BCUT2D eigenvalue weighted by molar-refractivity contribution is 0.0211. The van der Waals surface area contributed by atoms with E-state index in [9.17, 15) is 30.6 Å². The average molecular weight is 396 g/mol. The molecule has 3 aromatic carbocycles. The van der Waals surface area contributed by atoms with Gasteiger partial charge in [-0.1, -0.05) is 6.07 Å². The van der Waals surface area contributed by atoms with Crippen molar-refractivity contribution in [2.24, 2.45) is 0 Å². The van der Waals surface area contributed by atoms with Gasteiger partial charge in [0.25, 0.3) is 0 Å². The van der Waals surface area contributed by atoms with Gasteiger partial charge in [0.1, 0.15) is 28.8 Å². The zero-order chi connectivity index (χ0) is 20.4. The number of furan rings is 1. The van der Waals surface area contributed by atoms with Gasteiger partial charge in [0.15, 0.2) is 23.0 Å². The van der Waals surface area contributed by atoms with Crippen molar-refractivity contribution < 1.29 is 39.8 Å². The van der Waals surface area contributed by atoms with Gasteiger partial charge >= 0.3 is 0 Å². The van der Waals surface area contributed by atoms with E-state index in [1.807, 2.05) is 0 Å². The van der Waals surface area contributed by atoms with Crippen molar-refractivity contribution in [2.45, 2.75) is 18.6 Å². The van der Waals surface area contributed by atoms with Gasteiger partial charge in [0.05, 0.1) is 11.5 Å². The normalized spacial score (nSPS) is 18.7. The molecule has 8 heteroatoms. The number of fused-ring (bicyclic) bond motifs is 5. The molecule has 148 valence electrons. The zero-order valence-corrected chi connectivity index (χ0v) is 14.8. The number of hydrogen-bond acceptors (Lipinski definition) is 8. The monoisotopic (exact) mass is 396 g/mol. The zero-order valence-electron chi connectivity index (χ0n) is 14.8. The van der Waals surface area contributed by atoms with E-state index >= 15 is 0 Å². The smallest absolute Gasteiger partial charge is 0.161 e. The van der Waals surface area contributed by atoms with E-state index < -0.39 is 12.2 Å². The molecule has 0 saturated carbocycles. The first-order valence-electron chi connectivity index (χ1n) is 8.83. The van der Waals surface area contributed by atoms with Gasteiger partial charge in [0, 0.05) is 29.5 Å². The number of rotatable bonds is 1. The molecule has 2 atom stereocenters. The lowest BCUT2D eigenvalue weighted by atomic mass is 9.92. The maximum absolute atomic E-state index is 10.6. The van der Waals surface area contributed by atoms with Crippen LogP contribution in [0.3, 0.4) is 0 Å². The summed E-state index contributed by atoms with van der Waals surface area (Å²) in [5.74, 6) is -1.17. The Morgan fingerprint density at radius 1 is 0.759 bits per heavy atom. The molecule has 6 N–H and O–H groups in total. The number of ether oxygens (including phenoxy) is 1. The molecular formula is C21H16O8. The molecular weight excluding hydrogens is 380 g/mol. The number of aliphatic hydroxyl groups is 1. The Labute approximate surface area is 163 Å². The Bertz CT molecular complexity index is 1290. The summed E-state index contributed by atoms with van der Waals surface area (Å²) in [5, 5.41) is 60.9. The number of aromatic hydroxyl groups is 5. The van der Waals surface area contributed by atoms with E-state index in [0.29, 0.717) is 21.9 Å². The highest BCUT2D eigenvalue weighted by Crippen LogP contribution is 2.49. The number of benzene rings is 3. The van der Waals surface area contributed by atoms with Gasteiger partial charge in [-0.05, 0) is 23.8 Å². The quantitative estimate of drug-likeness (QED) is 0.269. The number of aliphatic hydroxyl groups excluding tert-OH is 1. The first kappa shape index (κ1) is 17.3.